The maximum atomic E-state index is 11.7. The predicted octanol–water partition coefficient (Wildman–Crippen LogP) is 2.82. The van der Waals surface area contributed by atoms with E-state index in [0.29, 0.717) is 5.04 Å². The van der Waals surface area contributed by atoms with Crippen LogP contribution in [0.4, 0.5) is 0 Å². The summed E-state index contributed by atoms with van der Waals surface area (Å²) in [6.45, 7) is 0. The van der Waals surface area contributed by atoms with E-state index < -0.39 is 10.8 Å². The van der Waals surface area contributed by atoms with Gasteiger partial charge in [-0.05, 0) is 10.8 Å². The van der Waals surface area contributed by atoms with Crippen LogP contribution in [0.3, 0.4) is 0 Å². The van der Waals surface area contributed by atoms with Gasteiger partial charge in [-0.1, -0.05) is 42.5 Å². The van der Waals surface area contributed by atoms with Crippen molar-refractivity contribution in [1.29, 1.82) is 0 Å². The SMILES string of the molecule is O=S1C=CN=C1c1cccc2ccccc12. The lowest BCUT2D eigenvalue weighted by atomic mass is 10.1. The van der Waals surface area contributed by atoms with Crippen LogP contribution in [0.15, 0.2) is 59.1 Å². The maximum absolute atomic E-state index is 11.7. The van der Waals surface area contributed by atoms with Gasteiger partial charge in [0.1, 0.15) is 5.04 Å². The highest BCUT2D eigenvalue weighted by atomic mass is 32.2. The van der Waals surface area contributed by atoms with E-state index >= 15 is 0 Å². The maximum Gasteiger partial charge on any atom is 0.139 e. The van der Waals surface area contributed by atoms with Gasteiger partial charge in [0, 0.05) is 17.2 Å². The molecule has 2 aromatic rings. The third kappa shape index (κ3) is 1.41. The molecule has 0 bridgehead atoms. The highest BCUT2D eigenvalue weighted by Crippen LogP contribution is 2.22. The number of hydrogen-bond acceptors (Lipinski definition) is 2. The molecule has 0 N–H and O–H groups in total. The van der Waals surface area contributed by atoms with Gasteiger partial charge in [-0.3, -0.25) is 0 Å². The normalized spacial score (nSPS) is 19.0. The third-order valence-electron chi connectivity index (χ3n) is 2.59. The van der Waals surface area contributed by atoms with Crippen LogP contribution in [0.1, 0.15) is 5.56 Å². The molecule has 0 saturated heterocycles. The third-order valence-corrected chi connectivity index (χ3v) is 3.66. The van der Waals surface area contributed by atoms with Crippen LogP contribution in [0.5, 0.6) is 0 Å². The van der Waals surface area contributed by atoms with Crippen LogP contribution in [0.2, 0.25) is 0 Å². The first-order valence-electron chi connectivity index (χ1n) is 4.99. The van der Waals surface area contributed by atoms with Gasteiger partial charge >= 0.3 is 0 Å². The van der Waals surface area contributed by atoms with Gasteiger partial charge in [-0.2, -0.15) is 0 Å². The molecule has 2 nitrogen and oxygen atoms in total. The molecule has 1 aliphatic rings. The first-order chi connectivity index (χ1) is 7.86. The molecule has 0 radical (unpaired) electrons. The molecule has 1 heterocycles. The Morgan fingerprint density at radius 3 is 2.62 bits per heavy atom. The fraction of sp³-hybridized carbons (Fsp3) is 0. The monoisotopic (exact) mass is 227 g/mol. The quantitative estimate of drug-likeness (QED) is 0.736. The van der Waals surface area contributed by atoms with Crippen LogP contribution in [0, 0.1) is 0 Å². The second kappa shape index (κ2) is 3.68. The molecular formula is C13H9NOS. The van der Waals surface area contributed by atoms with Crippen LogP contribution in [-0.2, 0) is 10.8 Å². The molecule has 0 spiro atoms. The molecule has 78 valence electrons. The molecule has 1 unspecified atom stereocenters. The summed E-state index contributed by atoms with van der Waals surface area (Å²) in [5.74, 6) is 0. The zero-order valence-electron chi connectivity index (χ0n) is 8.46. The first kappa shape index (κ1) is 9.48. The molecule has 0 aromatic heterocycles. The summed E-state index contributed by atoms with van der Waals surface area (Å²) in [5, 5.41) is 4.50. The minimum atomic E-state index is -1.10. The Bertz CT molecular complexity index is 638. The summed E-state index contributed by atoms with van der Waals surface area (Å²) >= 11 is 0. The zero-order chi connectivity index (χ0) is 11.0. The lowest BCUT2D eigenvalue weighted by Gasteiger charge is -2.04. The zero-order valence-corrected chi connectivity index (χ0v) is 9.28. The highest BCUT2D eigenvalue weighted by molar-refractivity contribution is 8.04. The van der Waals surface area contributed by atoms with Crippen LogP contribution < -0.4 is 0 Å². The molecule has 3 rings (SSSR count). The summed E-state index contributed by atoms with van der Waals surface area (Å²) in [6, 6.07) is 14.0. The number of benzene rings is 2. The number of rotatable bonds is 1. The minimum Gasteiger partial charge on any atom is -0.248 e. The molecule has 1 aliphatic heterocycles. The summed E-state index contributed by atoms with van der Waals surface area (Å²) in [7, 11) is -1.10. The van der Waals surface area contributed by atoms with Crippen molar-refractivity contribution in [3.05, 3.63) is 59.6 Å². The smallest absolute Gasteiger partial charge is 0.139 e. The standard InChI is InChI=1S/C13H9NOS/c15-16-9-8-14-13(16)12-7-3-5-10-4-1-2-6-11(10)12/h1-9H. The van der Waals surface area contributed by atoms with E-state index in [9.17, 15) is 4.21 Å². The van der Waals surface area contributed by atoms with E-state index in [1.165, 1.54) is 0 Å². The van der Waals surface area contributed by atoms with E-state index in [4.69, 9.17) is 0 Å². The Morgan fingerprint density at radius 1 is 1.00 bits per heavy atom. The van der Waals surface area contributed by atoms with Gasteiger partial charge in [0.15, 0.2) is 0 Å². The Morgan fingerprint density at radius 2 is 1.81 bits per heavy atom. The van der Waals surface area contributed by atoms with E-state index in [-0.39, 0.29) is 0 Å². The van der Waals surface area contributed by atoms with Crippen molar-refractivity contribution in [1.82, 2.24) is 0 Å². The first-order valence-corrected chi connectivity index (χ1v) is 6.21. The lowest BCUT2D eigenvalue weighted by molar-refractivity contribution is 0.695. The van der Waals surface area contributed by atoms with Crippen LogP contribution in [0.25, 0.3) is 10.8 Å². The molecule has 0 aliphatic carbocycles. The van der Waals surface area contributed by atoms with Gasteiger partial charge in [0.2, 0.25) is 0 Å². The van der Waals surface area contributed by atoms with Crippen molar-refractivity contribution in [2.75, 3.05) is 0 Å². The average molecular weight is 227 g/mol. The molecule has 2 aromatic carbocycles. The van der Waals surface area contributed by atoms with Crippen molar-refractivity contribution < 1.29 is 4.21 Å². The topological polar surface area (TPSA) is 29.4 Å². The number of nitrogens with zero attached hydrogens (tertiary/aromatic N) is 1. The number of aliphatic imine (C=N–C) groups is 1. The molecule has 16 heavy (non-hydrogen) atoms. The lowest BCUT2D eigenvalue weighted by Crippen LogP contribution is -2.03. The van der Waals surface area contributed by atoms with E-state index in [1.54, 1.807) is 11.6 Å². The molecule has 0 fully saturated rings. The Hall–Kier alpha value is -1.74. The van der Waals surface area contributed by atoms with E-state index in [2.05, 4.69) is 4.99 Å². The summed E-state index contributed by atoms with van der Waals surface area (Å²) in [5.41, 5.74) is 0.960. The molecule has 0 saturated carbocycles. The van der Waals surface area contributed by atoms with Gasteiger partial charge in [0.25, 0.3) is 0 Å². The van der Waals surface area contributed by atoms with Gasteiger partial charge < -0.3 is 0 Å². The van der Waals surface area contributed by atoms with Crippen molar-refractivity contribution in [3.8, 4) is 0 Å². The number of fused-ring (bicyclic) bond motifs is 1. The van der Waals surface area contributed by atoms with Crippen molar-refractivity contribution in [3.63, 3.8) is 0 Å². The predicted molar refractivity (Wildman–Crippen MR) is 67.8 cm³/mol. The van der Waals surface area contributed by atoms with Crippen molar-refractivity contribution in [2.24, 2.45) is 4.99 Å². The highest BCUT2D eigenvalue weighted by Gasteiger charge is 2.15. The molecule has 3 heteroatoms. The molecule has 0 amide bonds. The fourth-order valence-corrected chi connectivity index (χ4v) is 2.72. The van der Waals surface area contributed by atoms with Gasteiger partial charge in [-0.25, -0.2) is 9.20 Å². The number of hydrogen-bond donors (Lipinski definition) is 0. The molecule has 1 atom stereocenters. The van der Waals surface area contributed by atoms with E-state index in [1.807, 2.05) is 42.5 Å². The van der Waals surface area contributed by atoms with Gasteiger partial charge in [0.05, 0.1) is 10.8 Å². The van der Waals surface area contributed by atoms with Crippen LogP contribution in [-0.4, -0.2) is 9.25 Å². The average Bonchev–Trinajstić information content (AvgIpc) is 2.75. The fourth-order valence-electron chi connectivity index (χ4n) is 1.86. The Balaban J connectivity index is 2.29. The molecular weight excluding hydrogens is 218 g/mol. The van der Waals surface area contributed by atoms with Crippen molar-refractivity contribution >= 4 is 26.6 Å². The van der Waals surface area contributed by atoms with Crippen LogP contribution >= 0.6 is 0 Å². The Labute approximate surface area is 95.8 Å². The van der Waals surface area contributed by atoms with Gasteiger partial charge in [-0.15, -0.1) is 0 Å². The summed E-state index contributed by atoms with van der Waals surface area (Å²) in [6.07, 6.45) is 1.60. The van der Waals surface area contributed by atoms with E-state index in [0.717, 1.165) is 16.3 Å². The second-order valence-corrected chi connectivity index (χ2v) is 4.80. The summed E-state index contributed by atoms with van der Waals surface area (Å²) in [4.78, 5) is 4.17. The Kier molecular flexibility index (Phi) is 2.18. The summed E-state index contributed by atoms with van der Waals surface area (Å²) < 4.78 is 11.7. The van der Waals surface area contributed by atoms with Crippen molar-refractivity contribution in [2.45, 2.75) is 0 Å². The largest absolute Gasteiger partial charge is 0.248 e. The minimum absolute atomic E-state index is 0.650. The second-order valence-electron chi connectivity index (χ2n) is 3.54.